The number of nitrogens with one attached hydrogen (secondary N) is 1. The second kappa shape index (κ2) is 5.41. The van der Waals surface area contributed by atoms with E-state index in [-0.39, 0.29) is 18.5 Å². The number of hydrogen-bond acceptors (Lipinski definition) is 4. The number of carbonyl (C=O) groups is 1. The van der Waals surface area contributed by atoms with Gasteiger partial charge in [0.25, 0.3) is 11.9 Å². The van der Waals surface area contributed by atoms with Crippen LogP contribution in [0, 0.1) is 12.3 Å². The zero-order chi connectivity index (χ0) is 12.1. The molecule has 17 heavy (non-hydrogen) atoms. The Labute approximate surface area is 99.7 Å². The van der Waals surface area contributed by atoms with Gasteiger partial charge in [-0.3, -0.25) is 4.79 Å². The summed E-state index contributed by atoms with van der Waals surface area (Å²) in [6.45, 7) is 3.15. The average molecular weight is 234 g/mol. The third-order valence-electron chi connectivity index (χ3n) is 2.49. The van der Waals surface area contributed by atoms with E-state index in [1.54, 1.807) is 17.0 Å². The molecule has 2 rings (SSSR count). The first-order valence-corrected chi connectivity index (χ1v) is 5.47. The fourth-order valence-corrected chi connectivity index (χ4v) is 1.65. The monoisotopic (exact) mass is 234 g/mol. The molecule has 0 radical (unpaired) electrons. The number of amides is 1. The van der Waals surface area contributed by atoms with E-state index in [1.165, 1.54) is 0 Å². The van der Waals surface area contributed by atoms with Crippen molar-refractivity contribution in [1.29, 1.82) is 0 Å². The summed E-state index contributed by atoms with van der Waals surface area (Å²) >= 11 is 0. The predicted octanol–water partition coefficient (Wildman–Crippen LogP) is 0.337. The first-order valence-electron chi connectivity index (χ1n) is 5.47. The maximum absolute atomic E-state index is 12.0. The van der Waals surface area contributed by atoms with Crippen LogP contribution < -0.4 is 10.1 Å². The molecule has 90 valence electrons. The molecule has 0 unspecified atom stereocenters. The number of rotatable bonds is 3. The third kappa shape index (κ3) is 2.80. The smallest absolute Gasteiger partial charge is 0.289 e. The van der Waals surface area contributed by atoms with E-state index in [0.717, 1.165) is 13.1 Å². The molecule has 1 N–H and O–H groups in total. The van der Waals surface area contributed by atoms with Crippen molar-refractivity contribution in [3.63, 3.8) is 0 Å². The molecular formula is C12H14N2O3. The molecule has 2 heterocycles. The van der Waals surface area contributed by atoms with Crippen LogP contribution in [0.5, 0.6) is 5.95 Å². The van der Waals surface area contributed by atoms with Crippen molar-refractivity contribution in [2.75, 3.05) is 32.8 Å². The zero-order valence-corrected chi connectivity index (χ0v) is 9.44. The van der Waals surface area contributed by atoms with Crippen LogP contribution in [0.15, 0.2) is 16.5 Å². The van der Waals surface area contributed by atoms with E-state index in [9.17, 15) is 4.79 Å². The lowest BCUT2D eigenvalue weighted by Gasteiger charge is -2.26. The first kappa shape index (κ1) is 11.6. The van der Waals surface area contributed by atoms with Gasteiger partial charge >= 0.3 is 0 Å². The van der Waals surface area contributed by atoms with Crippen LogP contribution in [0.25, 0.3) is 0 Å². The van der Waals surface area contributed by atoms with Crippen molar-refractivity contribution in [2.45, 2.75) is 0 Å². The number of nitrogens with zero attached hydrogens (tertiary/aromatic N) is 1. The second-order valence-corrected chi connectivity index (χ2v) is 3.65. The molecule has 1 aliphatic rings. The van der Waals surface area contributed by atoms with Crippen LogP contribution in [0.2, 0.25) is 0 Å². The average Bonchev–Trinajstić information content (AvgIpc) is 2.85. The van der Waals surface area contributed by atoms with Crippen molar-refractivity contribution in [2.24, 2.45) is 0 Å². The molecule has 1 aromatic heterocycles. The highest BCUT2D eigenvalue weighted by molar-refractivity contribution is 5.91. The minimum atomic E-state index is -0.109. The summed E-state index contributed by atoms with van der Waals surface area (Å²) in [5, 5.41) is 3.18. The van der Waals surface area contributed by atoms with E-state index >= 15 is 0 Å². The molecule has 1 saturated heterocycles. The maximum atomic E-state index is 12.0. The maximum Gasteiger partial charge on any atom is 0.289 e. The SMILES string of the molecule is C#CCOc1ccc(C(=O)N2CCNCC2)o1. The van der Waals surface area contributed by atoms with Crippen LogP contribution in [0.1, 0.15) is 10.6 Å². The fraction of sp³-hybridized carbons (Fsp3) is 0.417. The fourth-order valence-electron chi connectivity index (χ4n) is 1.65. The van der Waals surface area contributed by atoms with Crippen LogP contribution in [-0.4, -0.2) is 43.6 Å². The lowest BCUT2D eigenvalue weighted by atomic mass is 10.3. The van der Waals surface area contributed by atoms with Gasteiger partial charge in [-0.25, -0.2) is 0 Å². The summed E-state index contributed by atoms with van der Waals surface area (Å²) in [6.07, 6.45) is 5.06. The van der Waals surface area contributed by atoms with Gasteiger partial charge in [-0.1, -0.05) is 5.92 Å². The lowest BCUT2D eigenvalue weighted by Crippen LogP contribution is -2.46. The van der Waals surface area contributed by atoms with Gasteiger partial charge in [0.2, 0.25) is 0 Å². The number of carbonyl (C=O) groups excluding carboxylic acids is 1. The van der Waals surface area contributed by atoms with Gasteiger partial charge in [-0.05, 0) is 6.07 Å². The Balaban J connectivity index is 1.99. The molecule has 0 bridgehead atoms. The highest BCUT2D eigenvalue weighted by atomic mass is 16.6. The quantitative estimate of drug-likeness (QED) is 0.766. The molecule has 0 aromatic carbocycles. The van der Waals surface area contributed by atoms with Gasteiger partial charge in [-0.2, -0.15) is 0 Å². The van der Waals surface area contributed by atoms with Crippen LogP contribution >= 0.6 is 0 Å². The Morgan fingerprint density at radius 1 is 1.53 bits per heavy atom. The molecule has 0 saturated carbocycles. The van der Waals surface area contributed by atoms with Gasteiger partial charge in [0.05, 0.1) is 0 Å². The minimum absolute atomic E-state index is 0.109. The highest BCUT2D eigenvalue weighted by Crippen LogP contribution is 2.17. The van der Waals surface area contributed by atoms with Crippen molar-refractivity contribution < 1.29 is 13.9 Å². The second-order valence-electron chi connectivity index (χ2n) is 3.65. The number of furan rings is 1. The topological polar surface area (TPSA) is 54.7 Å². The summed E-state index contributed by atoms with van der Waals surface area (Å²) in [6, 6.07) is 3.21. The first-order chi connectivity index (χ1) is 8.31. The predicted molar refractivity (Wildman–Crippen MR) is 61.8 cm³/mol. The minimum Gasteiger partial charge on any atom is -0.452 e. The number of terminal acetylenes is 1. The van der Waals surface area contributed by atoms with Gasteiger partial charge in [0, 0.05) is 32.2 Å². The molecule has 5 heteroatoms. The summed E-state index contributed by atoms with van der Waals surface area (Å²) < 4.78 is 10.4. The van der Waals surface area contributed by atoms with E-state index in [1.807, 2.05) is 0 Å². The standard InChI is InChI=1S/C12H14N2O3/c1-2-9-16-11-4-3-10(17-11)12(15)14-7-5-13-6-8-14/h1,3-4,13H,5-9H2. The lowest BCUT2D eigenvalue weighted by molar-refractivity contribution is 0.0696. The van der Waals surface area contributed by atoms with E-state index in [4.69, 9.17) is 15.6 Å². The summed E-state index contributed by atoms with van der Waals surface area (Å²) in [4.78, 5) is 13.7. The molecule has 0 atom stereocenters. The third-order valence-corrected chi connectivity index (χ3v) is 2.49. The van der Waals surface area contributed by atoms with Gasteiger partial charge in [0.1, 0.15) is 0 Å². The van der Waals surface area contributed by atoms with E-state index < -0.39 is 0 Å². The molecule has 1 aromatic rings. The Morgan fingerprint density at radius 3 is 3.00 bits per heavy atom. The van der Waals surface area contributed by atoms with Crippen molar-refractivity contribution in [3.8, 4) is 18.3 Å². The number of ether oxygens (including phenoxy) is 1. The van der Waals surface area contributed by atoms with Gasteiger partial charge in [-0.15, -0.1) is 6.42 Å². The summed E-state index contributed by atoms with van der Waals surface area (Å²) in [5.74, 6) is 2.79. The Morgan fingerprint density at radius 2 is 2.29 bits per heavy atom. The zero-order valence-electron chi connectivity index (χ0n) is 9.44. The molecule has 5 nitrogen and oxygen atoms in total. The van der Waals surface area contributed by atoms with Crippen molar-refractivity contribution in [3.05, 3.63) is 17.9 Å². The molecule has 1 fully saturated rings. The van der Waals surface area contributed by atoms with E-state index in [0.29, 0.717) is 18.8 Å². The summed E-state index contributed by atoms with van der Waals surface area (Å²) in [7, 11) is 0. The van der Waals surface area contributed by atoms with Gasteiger partial charge in [0.15, 0.2) is 12.4 Å². The highest BCUT2D eigenvalue weighted by Gasteiger charge is 2.21. The largest absolute Gasteiger partial charge is 0.452 e. The van der Waals surface area contributed by atoms with E-state index in [2.05, 4.69) is 11.2 Å². The molecule has 0 aliphatic carbocycles. The Bertz CT molecular complexity index is 427. The Kier molecular flexibility index (Phi) is 3.68. The molecular weight excluding hydrogens is 220 g/mol. The summed E-state index contributed by atoms with van der Waals surface area (Å²) in [5.41, 5.74) is 0. The Hall–Kier alpha value is -1.93. The van der Waals surface area contributed by atoms with Crippen molar-refractivity contribution >= 4 is 5.91 Å². The molecule has 0 spiro atoms. The number of piperazine rings is 1. The van der Waals surface area contributed by atoms with Crippen LogP contribution in [0.3, 0.4) is 0 Å². The van der Waals surface area contributed by atoms with Gasteiger partial charge < -0.3 is 19.4 Å². The van der Waals surface area contributed by atoms with Crippen molar-refractivity contribution in [1.82, 2.24) is 10.2 Å². The van der Waals surface area contributed by atoms with Crippen LogP contribution in [-0.2, 0) is 0 Å². The van der Waals surface area contributed by atoms with Crippen LogP contribution in [0.4, 0.5) is 0 Å². The molecule has 1 amide bonds. The normalized spacial score (nSPS) is 15.4. The number of hydrogen-bond donors (Lipinski definition) is 1. The molecule has 1 aliphatic heterocycles.